The lowest BCUT2D eigenvalue weighted by Crippen LogP contribution is -2.17. The van der Waals surface area contributed by atoms with Gasteiger partial charge in [0.2, 0.25) is 5.91 Å². The van der Waals surface area contributed by atoms with Crippen molar-refractivity contribution in [1.82, 2.24) is 14.8 Å². The van der Waals surface area contributed by atoms with Gasteiger partial charge in [-0.15, -0.1) is 32.9 Å². The number of rotatable bonds is 10. The topological polar surface area (TPSA) is 86.1 Å². The second-order valence-corrected chi connectivity index (χ2v) is 10.0. The normalized spacial score (nSPS) is 10.9. The summed E-state index contributed by atoms with van der Waals surface area (Å²) in [6.45, 7) is 4.77. The van der Waals surface area contributed by atoms with Crippen molar-refractivity contribution in [2.24, 2.45) is 0 Å². The van der Waals surface area contributed by atoms with Crippen LogP contribution in [0.5, 0.6) is 0 Å². The van der Waals surface area contributed by atoms with Gasteiger partial charge in [0, 0.05) is 28.8 Å². The average molecular weight is 513 g/mol. The van der Waals surface area contributed by atoms with E-state index in [0.717, 1.165) is 23.5 Å². The van der Waals surface area contributed by atoms with Crippen LogP contribution in [-0.2, 0) is 22.5 Å². The fraction of sp³-hybridized carbons (Fsp3) is 0.250. The van der Waals surface area contributed by atoms with E-state index in [2.05, 4.69) is 21.6 Å². The minimum absolute atomic E-state index is 0.151. The first kappa shape index (κ1) is 24.2. The van der Waals surface area contributed by atoms with Crippen LogP contribution in [0.25, 0.3) is 11.1 Å². The van der Waals surface area contributed by atoms with Crippen LogP contribution < -0.4 is 5.32 Å². The highest BCUT2D eigenvalue weighted by Crippen LogP contribution is 2.36. The minimum Gasteiger partial charge on any atom is -0.462 e. The van der Waals surface area contributed by atoms with Gasteiger partial charge >= 0.3 is 5.97 Å². The van der Waals surface area contributed by atoms with E-state index in [1.807, 2.05) is 58.6 Å². The van der Waals surface area contributed by atoms with Gasteiger partial charge in [-0.1, -0.05) is 48.2 Å². The molecular formula is C24H24N4O3S3. The molecule has 0 saturated heterocycles. The summed E-state index contributed by atoms with van der Waals surface area (Å²) in [4.78, 5) is 26.7. The zero-order valence-electron chi connectivity index (χ0n) is 18.8. The van der Waals surface area contributed by atoms with E-state index in [9.17, 15) is 9.59 Å². The van der Waals surface area contributed by atoms with Gasteiger partial charge < -0.3 is 14.6 Å². The molecule has 0 spiro atoms. The molecule has 3 aromatic heterocycles. The van der Waals surface area contributed by atoms with Gasteiger partial charge in [0.05, 0.1) is 12.4 Å². The summed E-state index contributed by atoms with van der Waals surface area (Å²) in [5.74, 6) is 0.359. The molecule has 4 aromatic rings. The summed E-state index contributed by atoms with van der Waals surface area (Å²) >= 11 is 4.33. The highest BCUT2D eigenvalue weighted by atomic mass is 32.2. The van der Waals surface area contributed by atoms with E-state index >= 15 is 0 Å². The summed E-state index contributed by atoms with van der Waals surface area (Å²) in [5, 5.41) is 16.6. The molecule has 7 nitrogen and oxygen atoms in total. The van der Waals surface area contributed by atoms with Crippen LogP contribution in [0.2, 0.25) is 0 Å². The Morgan fingerprint density at radius 2 is 1.91 bits per heavy atom. The standard InChI is InChI=1S/C24H24N4O3S3/c1-3-28-19(13-17-11-8-12-32-17)26-27-24(28)34-15-20(29)25-22-21(23(30)31-4-2)18(14-33-22)16-9-6-5-7-10-16/h5-12,14H,3-4,13,15H2,1-2H3,(H,25,29). The van der Waals surface area contributed by atoms with Crippen LogP contribution in [0.4, 0.5) is 5.00 Å². The minimum atomic E-state index is -0.450. The summed E-state index contributed by atoms with van der Waals surface area (Å²) in [6, 6.07) is 13.7. The number of esters is 1. The lowest BCUT2D eigenvalue weighted by Gasteiger charge is -2.09. The number of carbonyl (C=O) groups excluding carboxylic acids is 2. The quantitative estimate of drug-likeness (QED) is 0.220. The molecular weight excluding hydrogens is 488 g/mol. The van der Waals surface area contributed by atoms with Crippen LogP contribution >= 0.6 is 34.4 Å². The van der Waals surface area contributed by atoms with Crippen molar-refractivity contribution in [1.29, 1.82) is 0 Å². The largest absolute Gasteiger partial charge is 0.462 e. The number of thiophene rings is 2. The summed E-state index contributed by atoms with van der Waals surface area (Å²) in [6.07, 6.45) is 0.714. The van der Waals surface area contributed by atoms with Gasteiger partial charge in [0.15, 0.2) is 5.16 Å². The van der Waals surface area contributed by atoms with E-state index in [0.29, 0.717) is 22.1 Å². The number of nitrogens with zero attached hydrogens (tertiary/aromatic N) is 3. The van der Waals surface area contributed by atoms with Crippen molar-refractivity contribution in [3.05, 3.63) is 69.5 Å². The van der Waals surface area contributed by atoms with E-state index in [4.69, 9.17) is 4.74 Å². The number of ether oxygens (including phenoxy) is 1. The second kappa shape index (κ2) is 11.5. The molecule has 0 fully saturated rings. The Balaban J connectivity index is 1.47. The number of amides is 1. The summed E-state index contributed by atoms with van der Waals surface area (Å²) < 4.78 is 7.29. The first-order valence-electron chi connectivity index (χ1n) is 10.8. The molecule has 1 aromatic carbocycles. The van der Waals surface area contributed by atoms with Crippen molar-refractivity contribution < 1.29 is 14.3 Å². The fourth-order valence-corrected chi connectivity index (χ4v) is 5.92. The summed E-state index contributed by atoms with van der Waals surface area (Å²) in [5.41, 5.74) is 2.02. The van der Waals surface area contributed by atoms with Crippen molar-refractivity contribution in [2.45, 2.75) is 32.0 Å². The maximum atomic E-state index is 12.8. The first-order chi connectivity index (χ1) is 16.6. The Morgan fingerprint density at radius 3 is 2.62 bits per heavy atom. The Hall–Kier alpha value is -2.95. The number of carbonyl (C=O) groups is 2. The monoisotopic (exact) mass is 512 g/mol. The highest BCUT2D eigenvalue weighted by Gasteiger charge is 2.23. The van der Waals surface area contributed by atoms with Crippen LogP contribution in [-0.4, -0.2) is 39.0 Å². The predicted octanol–water partition coefficient (Wildman–Crippen LogP) is 5.59. The number of hydrogen-bond donors (Lipinski definition) is 1. The van der Waals surface area contributed by atoms with Crippen LogP contribution in [0.3, 0.4) is 0 Å². The van der Waals surface area contributed by atoms with E-state index in [1.165, 1.54) is 28.0 Å². The van der Waals surface area contributed by atoms with E-state index in [1.54, 1.807) is 18.3 Å². The molecule has 34 heavy (non-hydrogen) atoms. The Labute approximate surface area is 210 Å². The molecule has 0 aliphatic carbocycles. The average Bonchev–Trinajstić information content (AvgIpc) is 3.59. The van der Waals surface area contributed by atoms with Crippen molar-refractivity contribution in [3.8, 4) is 11.1 Å². The van der Waals surface area contributed by atoms with Crippen LogP contribution in [0, 0.1) is 0 Å². The Kier molecular flexibility index (Phi) is 8.15. The van der Waals surface area contributed by atoms with E-state index in [-0.39, 0.29) is 18.3 Å². The van der Waals surface area contributed by atoms with Gasteiger partial charge in [-0.05, 0) is 30.9 Å². The SMILES string of the molecule is CCOC(=O)c1c(-c2ccccc2)csc1NC(=O)CSc1nnc(Cc2cccs2)n1CC. The number of hydrogen-bond acceptors (Lipinski definition) is 8. The lowest BCUT2D eigenvalue weighted by atomic mass is 10.0. The molecule has 176 valence electrons. The fourth-order valence-electron chi connectivity index (χ4n) is 3.42. The molecule has 0 bridgehead atoms. The molecule has 0 atom stereocenters. The third-order valence-corrected chi connectivity index (χ3v) is 7.70. The molecule has 3 heterocycles. The lowest BCUT2D eigenvalue weighted by molar-refractivity contribution is -0.113. The van der Waals surface area contributed by atoms with Crippen molar-refractivity contribution >= 4 is 51.3 Å². The molecule has 0 unspecified atom stereocenters. The van der Waals surface area contributed by atoms with E-state index < -0.39 is 5.97 Å². The Bertz CT molecular complexity index is 1250. The molecule has 1 amide bonds. The molecule has 0 aliphatic rings. The van der Waals surface area contributed by atoms with Crippen molar-refractivity contribution in [3.63, 3.8) is 0 Å². The molecule has 4 rings (SSSR count). The number of thioether (sulfide) groups is 1. The third-order valence-electron chi connectivity index (χ3n) is 4.96. The van der Waals surface area contributed by atoms with Crippen molar-refractivity contribution in [2.75, 3.05) is 17.7 Å². The number of nitrogens with one attached hydrogen (secondary N) is 1. The number of benzene rings is 1. The zero-order chi connectivity index (χ0) is 23.9. The zero-order valence-corrected chi connectivity index (χ0v) is 21.3. The second-order valence-electron chi connectivity index (χ2n) is 7.18. The van der Waals surface area contributed by atoms with Gasteiger partial charge in [0.1, 0.15) is 16.4 Å². The molecule has 1 N–H and O–H groups in total. The highest BCUT2D eigenvalue weighted by molar-refractivity contribution is 7.99. The first-order valence-corrected chi connectivity index (χ1v) is 13.6. The smallest absolute Gasteiger partial charge is 0.341 e. The van der Waals surface area contributed by atoms with Gasteiger partial charge in [-0.3, -0.25) is 4.79 Å². The maximum Gasteiger partial charge on any atom is 0.341 e. The van der Waals surface area contributed by atoms with Gasteiger partial charge in [0.25, 0.3) is 0 Å². The molecule has 10 heteroatoms. The van der Waals surface area contributed by atoms with Crippen LogP contribution in [0.15, 0.2) is 58.4 Å². The van der Waals surface area contributed by atoms with Gasteiger partial charge in [-0.2, -0.15) is 0 Å². The number of anilines is 1. The summed E-state index contributed by atoms with van der Waals surface area (Å²) in [7, 11) is 0. The van der Waals surface area contributed by atoms with Crippen LogP contribution in [0.1, 0.15) is 34.9 Å². The predicted molar refractivity (Wildman–Crippen MR) is 138 cm³/mol. The maximum absolute atomic E-state index is 12.8. The van der Waals surface area contributed by atoms with Gasteiger partial charge in [-0.25, -0.2) is 4.79 Å². The molecule has 0 radical (unpaired) electrons. The molecule has 0 saturated carbocycles. The third kappa shape index (κ3) is 5.57. The Morgan fingerprint density at radius 1 is 1.09 bits per heavy atom. The number of aromatic nitrogens is 3. The molecule has 0 aliphatic heterocycles.